The lowest BCUT2D eigenvalue weighted by atomic mass is 10.3. The van der Waals surface area contributed by atoms with Gasteiger partial charge in [-0.05, 0) is 57.3 Å². The first-order valence-corrected chi connectivity index (χ1v) is 11.3. The molecule has 3 rings (SSSR count). The predicted molar refractivity (Wildman–Crippen MR) is 107 cm³/mol. The molecule has 1 saturated heterocycles. The molecule has 0 amide bonds. The largest absolute Gasteiger partial charge is 0.363 e. The highest BCUT2D eigenvalue weighted by Gasteiger charge is 2.21. The molecule has 1 fully saturated rings. The predicted octanol–water partition coefficient (Wildman–Crippen LogP) is 3.26. The number of benzene rings is 1. The van der Waals surface area contributed by atoms with E-state index in [1.165, 1.54) is 12.1 Å². The molecular formula is C16H20BrFN6O3S. The molecule has 1 aliphatic heterocycles. The van der Waals surface area contributed by atoms with Gasteiger partial charge in [-0.25, -0.2) is 22.7 Å². The van der Waals surface area contributed by atoms with Crippen molar-refractivity contribution in [2.75, 3.05) is 35.0 Å². The molecule has 9 nitrogen and oxygen atoms in total. The number of aromatic nitrogens is 2. The van der Waals surface area contributed by atoms with Crippen molar-refractivity contribution >= 4 is 43.0 Å². The maximum absolute atomic E-state index is 13.4. The topological polar surface area (TPSA) is 128 Å². The average Bonchev–Trinajstić information content (AvgIpc) is 3.15. The second kappa shape index (κ2) is 8.97. The molecule has 3 N–H and O–H groups in total. The normalized spacial score (nSPS) is 15.8. The van der Waals surface area contributed by atoms with Crippen LogP contribution in [0.2, 0.25) is 0 Å². The summed E-state index contributed by atoms with van der Waals surface area (Å²) in [6, 6.07) is 3.79. The minimum Gasteiger partial charge on any atom is -0.363 e. The van der Waals surface area contributed by atoms with Gasteiger partial charge in [0.15, 0.2) is 11.5 Å². The van der Waals surface area contributed by atoms with E-state index in [9.17, 15) is 13.8 Å². The number of hydrogen-bond acceptors (Lipinski definition) is 8. The minimum atomic E-state index is -2.11. The van der Waals surface area contributed by atoms with Gasteiger partial charge in [0, 0.05) is 27.8 Å². The smallest absolute Gasteiger partial charge is 0.202 e. The van der Waals surface area contributed by atoms with Crippen molar-refractivity contribution in [3.05, 3.63) is 34.2 Å². The molecule has 1 aromatic carbocycles. The Hall–Kier alpha value is -2.05. The fraction of sp³-hybridized carbons (Fsp3) is 0.438. The van der Waals surface area contributed by atoms with Crippen LogP contribution in [-0.2, 0) is 9.73 Å². The molecule has 152 valence electrons. The molecular weight excluding hydrogens is 455 g/mol. The van der Waals surface area contributed by atoms with Crippen LogP contribution >= 0.6 is 15.9 Å². The maximum atomic E-state index is 13.4. The molecule has 2 aromatic rings. The third kappa shape index (κ3) is 4.86. The Morgan fingerprint density at radius 2 is 2.14 bits per heavy atom. The van der Waals surface area contributed by atoms with E-state index in [0.717, 1.165) is 25.3 Å². The van der Waals surface area contributed by atoms with E-state index in [-0.39, 0.29) is 21.7 Å². The fourth-order valence-electron chi connectivity index (χ4n) is 2.76. The number of nitrogens with one attached hydrogen (secondary N) is 2. The second-order valence-electron chi connectivity index (χ2n) is 6.24. The van der Waals surface area contributed by atoms with Crippen LogP contribution in [0.4, 0.5) is 15.9 Å². The number of nitrogens with zero attached hydrogens (tertiary/aromatic N) is 4. The van der Waals surface area contributed by atoms with Crippen LogP contribution in [0.25, 0.3) is 0 Å². The maximum Gasteiger partial charge on any atom is 0.202 e. The van der Waals surface area contributed by atoms with Crippen LogP contribution in [0, 0.1) is 11.2 Å². The molecule has 0 spiro atoms. The van der Waals surface area contributed by atoms with E-state index < -0.39 is 21.4 Å². The van der Waals surface area contributed by atoms with Crippen molar-refractivity contribution in [1.29, 1.82) is 5.41 Å². The summed E-state index contributed by atoms with van der Waals surface area (Å²) in [5.41, 5.74) is 0.140. The summed E-state index contributed by atoms with van der Waals surface area (Å²) in [7, 11) is -2.11. The summed E-state index contributed by atoms with van der Waals surface area (Å²) in [6.07, 6.45) is 2.98. The van der Waals surface area contributed by atoms with Crippen molar-refractivity contribution in [3.63, 3.8) is 0 Å². The van der Waals surface area contributed by atoms with Crippen LogP contribution in [0.3, 0.4) is 0 Å². The van der Waals surface area contributed by atoms with Gasteiger partial charge in [-0.15, -0.1) is 0 Å². The fourth-order valence-corrected chi connectivity index (χ4v) is 5.32. The van der Waals surface area contributed by atoms with Gasteiger partial charge >= 0.3 is 0 Å². The Labute approximate surface area is 170 Å². The van der Waals surface area contributed by atoms with Crippen LogP contribution in [0.5, 0.6) is 0 Å². The monoisotopic (exact) mass is 474 g/mol. The van der Waals surface area contributed by atoms with Gasteiger partial charge in [-0.1, -0.05) is 6.42 Å². The zero-order chi connectivity index (χ0) is 20.1. The SMILES string of the molecule is N=C(c1nonc1NCCN=S1(=O)CCCCC1)N(O)c1ccc(F)c(Br)c1. The highest BCUT2D eigenvalue weighted by atomic mass is 79.9. The van der Waals surface area contributed by atoms with Crippen LogP contribution < -0.4 is 10.4 Å². The van der Waals surface area contributed by atoms with Crippen molar-refractivity contribution in [3.8, 4) is 0 Å². The first-order chi connectivity index (χ1) is 13.4. The molecule has 2 heterocycles. The van der Waals surface area contributed by atoms with E-state index in [0.29, 0.717) is 29.7 Å². The van der Waals surface area contributed by atoms with Crippen molar-refractivity contribution in [2.45, 2.75) is 19.3 Å². The molecule has 1 aliphatic rings. The van der Waals surface area contributed by atoms with Gasteiger partial charge in [0.1, 0.15) is 5.82 Å². The zero-order valence-corrected chi connectivity index (χ0v) is 17.3. The standard InChI is InChI=1S/C16H20BrFN6O3S/c17-12-10-11(4-5-13(12)18)24(25)15(19)14-16(23-27-22-14)20-6-7-21-28(26)8-2-1-3-9-28/h4-5,10,19,25H,1-3,6-9H2,(H,20,23). The Balaban J connectivity index is 1.64. The Morgan fingerprint density at radius 3 is 2.86 bits per heavy atom. The van der Waals surface area contributed by atoms with Crippen LogP contribution in [0.1, 0.15) is 25.0 Å². The molecule has 0 bridgehead atoms. The number of anilines is 2. The second-order valence-corrected chi connectivity index (χ2v) is 9.72. The molecule has 0 aliphatic carbocycles. The van der Waals surface area contributed by atoms with Crippen LogP contribution in [0.15, 0.2) is 31.7 Å². The first kappa shape index (κ1) is 20.7. The molecule has 0 saturated carbocycles. The third-order valence-corrected chi connectivity index (χ3v) is 7.34. The molecule has 1 aromatic heterocycles. The summed E-state index contributed by atoms with van der Waals surface area (Å²) in [5.74, 6) is 0.535. The van der Waals surface area contributed by atoms with Gasteiger partial charge in [-0.3, -0.25) is 10.6 Å². The van der Waals surface area contributed by atoms with Crippen molar-refractivity contribution < 1.29 is 18.4 Å². The van der Waals surface area contributed by atoms with E-state index in [2.05, 4.69) is 40.6 Å². The van der Waals surface area contributed by atoms with E-state index >= 15 is 0 Å². The Morgan fingerprint density at radius 1 is 1.39 bits per heavy atom. The van der Waals surface area contributed by atoms with E-state index in [1.807, 2.05) is 0 Å². The van der Waals surface area contributed by atoms with Crippen molar-refractivity contribution in [1.82, 2.24) is 10.3 Å². The molecule has 28 heavy (non-hydrogen) atoms. The summed E-state index contributed by atoms with van der Waals surface area (Å²) < 4.78 is 35.0. The Bertz CT molecular complexity index is 963. The molecule has 0 radical (unpaired) electrons. The Kier molecular flexibility index (Phi) is 6.62. The number of halogens is 2. The number of amidine groups is 1. The van der Waals surface area contributed by atoms with Gasteiger partial charge in [0.2, 0.25) is 5.82 Å². The highest BCUT2D eigenvalue weighted by Crippen LogP contribution is 2.24. The summed E-state index contributed by atoms with van der Waals surface area (Å²) in [4.78, 5) is 0. The average molecular weight is 475 g/mol. The van der Waals surface area contributed by atoms with Gasteiger partial charge < -0.3 is 5.32 Å². The number of hydrogen-bond donors (Lipinski definition) is 3. The molecule has 0 unspecified atom stereocenters. The van der Waals surface area contributed by atoms with E-state index in [4.69, 9.17) is 5.41 Å². The summed E-state index contributed by atoms with van der Waals surface area (Å²) in [6.45, 7) is 0.658. The minimum absolute atomic E-state index is 0.0233. The lowest BCUT2D eigenvalue weighted by molar-refractivity contribution is 0.300. The van der Waals surface area contributed by atoms with Gasteiger partial charge in [0.25, 0.3) is 0 Å². The number of hydroxylamine groups is 1. The van der Waals surface area contributed by atoms with Gasteiger partial charge in [0.05, 0.1) is 16.7 Å². The first-order valence-electron chi connectivity index (χ1n) is 8.67. The lowest BCUT2D eigenvalue weighted by Crippen LogP contribution is -2.28. The highest BCUT2D eigenvalue weighted by molar-refractivity contribution is 9.10. The number of rotatable bonds is 6. The molecule has 12 heteroatoms. The summed E-state index contributed by atoms with van der Waals surface area (Å²) in [5, 5.41) is 29.2. The van der Waals surface area contributed by atoms with E-state index in [1.54, 1.807) is 0 Å². The van der Waals surface area contributed by atoms with Gasteiger partial charge in [-0.2, -0.15) is 0 Å². The molecule has 0 atom stereocenters. The quantitative estimate of drug-likeness (QED) is 0.253. The van der Waals surface area contributed by atoms with Crippen LogP contribution in [-0.4, -0.2) is 50.2 Å². The zero-order valence-electron chi connectivity index (χ0n) is 14.9. The summed E-state index contributed by atoms with van der Waals surface area (Å²) >= 11 is 3.03. The lowest BCUT2D eigenvalue weighted by Gasteiger charge is -2.17. The van der Waals surface area contributed by atoms with Crippen molar-refractivity contribution in [2.24, 2.45) is 4.36 Å². The third-order valence-electron chi connectivity index (χ3n) is 4.23.